The number of urea groups is 1. The standard InChI is InChI=1S/C21H34N4O2/c1-16(2)13-22-21(27)23-20(26)15-25-11-9-24(10-12-25)14-18-5-7-19(8-6-18)17(3)4/h5-8,16-17H,9-15H2,1-4H3,(H2,22,23,26,27)/p+2. The van der Waals surface area contributed by atoms with Gasteiger partial charge in [0.25, 0.3) is 5.91 Å². The van der Waals surface area contributed by atoms with Crippen LogP contribution in [0.5, 0.6) is 0 Å². The molecular weight excluding hydrogens is 340 g/mol. The second-order valence-corrected chi connectivity index (χ2v) is 8.40. The van der Waals surface area contributed by atoms with Crippen LogP contribution in [-0.4, -0.2) is 51.2 Å². The first-order valence-electron chi connectivity index (χ1n) is 10.2. The summed E-state index contributed by atoms with van der Waals surface area (Å²) in [4.78, 5) is 26.5. The fourth-order valence-electron chi connectivity index (χ4n) is 3.36. The van der Waals surface area contributed by atoms with Gasteiger partial charge in [0.2, 0.25) is 0 Å². The minimum atomic E-state index is -0.387. The molecule has 0 radical (unpaired) electrons. The van der Waals surface area contributed by atoms with E-state index in [1.165, 1.54) is 16.0 Å². The van der Waals surface area contributed by atoms with E-state index in [2.05, 4.69) is 48.7 Å². The maximum Gasteiger partial charge on any atom is 0.321 e. The lowest BCUT2D eigenvalue weighted by Gasteiger charge is -2.29. The predicted octanol–water partition coefficient (Wildman–Crippen LogP) is -0.425. The van der Waals surface area contributed by atoms with Gasteiger partial charge in [-0.05, 0) is 17.4 Å². The summed E-state index contributed by atoms with van der Waals surface area (Å²) in [6, 6.07) is 8.56. The van der Waals surface area contributed by atoms with Crippen molar-refractivity contribution in [3.63, 3.8) is 0 Å². The highest BCUT2D eigenvalue weighted by Gasteiger charge is 2.25. The van der Waals surface area contributed by atoms with Crippen LogP contribution in [0.15, 0.2) is 24.3 Å². The highest BCUT2D eigenvalue weighted by atomic mass is 16.2. The summed E-state index contributed by atoms with van der Waals surface area (Å²) in [7, 11) is 0. The number of benzene rings is 1. The number of rotatable bonds is 7. The van der Waals surface area contributed by atoms with Gasteiger partial charge in [-0.15, -0.1) is 0 Å². The molecule has 1 aromatic rings. The topological polar surface area (TPSA) is 67.1 Å². The Morgan fingerprint density at radius 1 is 0.963 bits per heavy atom. The molecule has 0 aromatic heterocycles. The molecule has 1 heterocycles. The third-order valence-corrected chi connectivity index (χ3v) is 5.10. The van der Waals surface area contributed by atoms with E-state index in [-0.39, 0.29) is 11.9 Å². The van der Waals surface area contributed by atoms with Crippen molar-refractivity contribution in [3.8, 4) is 0 Å². The molecule has 1 aliphatic rings. The number of hydrogen-bond donors (Lipinski definition) is 4. The van der Waals surface area contributed by atoms with Crippen LogP contribution in [0.4, 0.5) is 4.79 Å². The average molecular weight is 377 g/mol. The highest BCUT2D eigenvalue weighted by Crippen LogP contribution is 2.14. The van der Waals surface area contributed by atoms with Gasteiger partial charge < -0.3 is 15.1 Å². The number of quaternary nitrogens is 2. The van der Waals surface area contributed by atoms with Gasteiger partial charge in [-0.2, -0.15) is 0 Å². The summed E-state index contributed by atoms with van der Waals surface area (Å²) in [5, 5.41) is 5.14. The van der Waals surface area contributed by atoms with Crippen molar-refractivity contribution in [1.29, 1.82) is 0 Å². The number of carbonyl (C=O) groups excluding carboxylic acids is 2. The lowest BCUT2D eigenvalue weighted by Crippen LogP contribution is -3.28. The quantitative estimate of drug-likeness (QED) is 0.522. The summed E-state index contributed by atoms with van der Waals surface area (Å²) in [5.74, 6) is 0.741. The number of hydrogen-bond acceptors (Lipinski definition) is 2. The summed E-state index contributed by atoms with van der Waals surface area (Å²) >= 11 is 0. The van der Waals surface area contributed by atoms with E-state index in [1.807, 2.05) is 13.8 Å². The SMILES string of the molecule is CC(C)CNC(=O)NC(=O)C[NH+]1CC[NH+](Cc2ccc(C(C)C)cc2)CC1. The maximum absolute atomic E-state index is 12.0. The third-order valence-electron chi connectivity index (χ3n) is 5.10. The predicted molar refractivity (Wildman–Crippen MR) is 107 cm³/mol. The van der Waals surface area contributed by atoms with Crippen molar-refractivity contribution in [1.82, 2.24) is 10.6 Å². The fraction of sp³-hybridized carbons (Fsp3) is 0.619. The van der Waals surface area contributed by atoms with Crippen molar-refractivity contribution in [2.24, 2.45) is 5.92 Å². The molecule has 6 heteroatoms. The molecule has 0 saturated carbocycles. The third kappa shape index (κ3) is 7.69. The second-order valence-electron chi connectivity index (χ2n) is 8.40. The molecule has 0 bridgehead atoms. The van der Waals surface area contributed by atoms with E-state index in [9.17, 15) is 9.59 Å². The zero-order chi connectivity index (χ0) is 19.8. The monoisotopic (exact) mass is 376 g/mol. The Balaban J connectivity index is 1.68. The molecule has 6 nitrogen and oxygen atoms in total. The largest absolute Gasteiger partial charge is 0.338 e. The van der Waals surface area contributed by atoms with E-state index in [0.29, 0.717) is 24.9 Å². The Kier molecular flexibility index (Phi) is 8.25. The van der Waals surface area contributed by atoms with E-state index in [0.717, 1.165) is 32.7 Å². The molecule has 0 unspecified atom stereocenters. The van der Waals surface area contributed by atoms with Crippen molar-refractivity contribution in [3.05, 3.63) is 35.4 Å². The van der Waals surface area contributed by atoms with Crippen LogP contribution in [-0.2, 0) is 11.3 Å². The molecule has 1 aromatic carbocycles. The number of imide groups is 1. The molecule has 3 amide bonds. The zero-order valence-electron chi connectivity index (χ0n) is 17.2. The summed E-state index contributed by atoms with van der Waals surface area (Å²) in [6.45, 7) is 14.5. The average Bonchev–Trinajstić information content (AvgIpc) is 2.62. The fourth-order valence-corrected chi connectivity index (χ4v) is 3.36. The van der Waals surface area contributed by atoms with Gasteiger partial charge in [-0.25, -0.2) is 4.79 Å². The molecule has 2 rings (SSSR count). The van der Waals surface area contributed by atoms with E-state index in [1.54, 1.807) is 4.90 Å². The summed E-state index contributed by atoms with van der Waals surface area (Å²) in [6.07, 6.45) is 0. The maximum atomic E-state index is 12.0. The molecule has 1 aliphatic heterocycles. The first-order valence-corrected chi connectivity index (χ1v) is 10.2. The highest BCUT2D eigenvalue weighted by molar-refractivity contribution is 5.94. The van der Waals surface area contributed by atoms with Crippen LogP contribution in [0.25, 0.3) is 0 Å². The number of amides is 3. The number of nitrogens with one attached hydrogen (secondary N) is 4. The normalized spacial score (nSPS) is 19.9. The number of carbonyl (C=O) groups is 2. The second kappa shape index (κ2) is 10.4. The minimum Gasteiger partial charge on any atom is -0.338 e. The van der Waals surface area contributed by atoms with Gasteiger partial charge in [0.15, 0.2) is 6.54 Å². The van der Waals surface area contributed by atoms with Gasteiger partial charge in [-0.1, -0.05) is 52.0 Å². The Bertz CT molecular complexity index is 605. The summed E-state index contributed by atoms with van der Waals surface area (Å²) in [5.41, 5.74) is 2.75. The van der Waals surface area contributed by atoms with Crippen molar-refractivity contribution >= 4 is 11.9 Å². The van der Waals surface area contributed by atoms with E-state index < -0.39 is 0 Å². The zero-order valence-corrected chi connectivity index (χ0v) is 17.2. The molecule has 4 N–H and O–H groups in total. The van der Waals surface area contributed by atoms with Crippen LogP contribution in [0, 0.1) is 5.92 Å². The van der Waals surface area contributed by atoms with Gasteiger partial charge in [0, 0.05) is 12.1 Å². The first-order chi connectivity index (χ1) is 12.8. The van der Waals surface area contributed by atoms with Gasteiger partial charge in [0.1, 0.15) is 32.7 Å². The van der Waals surface area contributed by atoms with Crippen LogP contribution < -0.4 is 20.4 Å². The molecule has 27 heavy (non-hydrogen) atoms. The molecule has 0 aliphatic carbocycles. The Morgan fingerprint density at radius 3 is 2.11 bits per heavy atom. The Morgan fingerprint density at radius 2 is 1.56 bits per heavy atom. The molecule has 0 spiro atoms. The van der Waals surface area contributed by atoms with Crippen molar-refractivity contribution in [2.45, 2.75) is 40.2 Å². The van der Waals surface area contributed by atoms with Crippen LogP contribution >= 0.6 is 0 Å². The number of piperazine rings is 1. The summed E-state index contributed by atoms with van der Waals surface area (Å²) < 4.78 is 0. The van der Waals surface area contributed by atoms with Gasteiger partial charge in [-0.3, -0.25) is 10.1 Å². The molecule has 0 atom stereocenters. The van der Waals surface area contributed by atoms with Gasteiger partial charge in [0.05, 0.1) is 0 Å². The smallest absolute Gasteiger partial charge is 0.321 e. The first kappa shape index (κ1) is 21.4. The van der Waals surface area contributed by atoms with Crippen molar-refractivity contribution < 1.29 is 19.4 Å². The van der Waals surface area contributed by atoms with Crippen molar-refractivity contribution in [2.75, 3.05) is 39.3 Å². The molecule has 1 saturated heterocycles. The van der Waals surface area contributed by atoms with E-state index in [4.69, 9.17) is 0 Å². The molecular formula is C21H36N4O2+2. The Labute approximate surface area is 163 Å². The lowest BCUT2D eigenvalue weighted by molar-refractivity contribution is -1.02. The van der Waals surface area contributed by atoms with Crippen LogP contribution in [0.3, 0.4) is 0 Å². The minimum absolute atomic E-state index is 0.195. The van der Waals surface area contributed by atoms with Crippen LogP contribution in [0.1, 0.15) is 44.7 Å². The van der Waals surface area contributed by atoms with Crippen LogP contribution in [0.2, 0.25) is 0 Å². The Hall–Kier alpha value is -1.92. The van der Waals surface area contributed by atoms with Gasteiger partial charge >= 0.3 is 6.03 Å². The van der Waals surface area contributed by atoms with E-state index >= 15 is 0 Å². The lowest BCUT2D eigenvalue weighted by atomic mass is 10.0. The molecule has 150 valence electrons. The molecule has 1 fully saturated rings.